The van der Waals surface area contributed by atoms with Gasteiger partial charge < -0.3 is 4.74 Å². The normalized spacial score (nSPS) is 13.5. The summed E-state index contributed by atoms with van der Waals surface area (Å²) in [7, 11) is -0.495. The summed E-state index contributed by atoms with van der Waals surface area (Å²) in [6.45, 7) is 2.12. The van der Waals surface area contributed by atoms with Crippen molar-refractivity contribution in [3.8, 4) is 5.75 Å². The zero-order valence-electron chi connectivity index (χ0n) is 11.3. The molecule has 108 valence electrons. The molecule has 1 unspecified atom stereocenters. The van der Waals surface area contributed by atoms with Gasteiger partial charge in [0, 0.05) is 20.6 Å². The highest BCUT2D eigenvalue weighted by Gasteiger charge is 2.17. The number of benzene rings is 1. The molecule has 1 aromatic rings. The Kier molecular flexibility index (Phi) is 6.06. The van der Waals surface area contributed by atoms with E-state index in [-0.39, 0.29) is 12.6 Å². The number of nitrogens with zero attached hydrogens (tertiary/aromatic N) is 1. The summed E-state index contributed by atoms with van der Waals surface area (Å²) >= 11 is 5.99. The molecule has 19 heavy (non-hydrogen) atoms. The SMILES string of the molecule is CCC(CNS(=O)(=O)N(C)C)Oc1ccccc1Cl. The minimum absolute atomic E-state index is 0.197. The third-order valence-electron chi connectivity index (χ3n) is 2.56. The van der Waals surface area contributed by atoms with Gasteiger partial charge in [0.25, 0.3) is 10.2 Å². The second kappa shape index (κ2) is 7.09. The molecular formula is C12H19ClN2O3S. The van der Waals surface area contributed by atoms with Crippen molar-refractivity contribution in [3.05, 3.63) is 29.3 Å². The monoisotopic (exact) mass is 306 g/mol. The van der Waals surface area contributed by atoms with Crippen molar-refractivity contribution < 1.29 is 13.2 Å². The molecule has 1 N–H and O–H groups in total. The Labute approximate surface area is 119 Å². The molecule has 0 heterocycles. The van der Waals surface area contributed by atoms with Crippen LogP contribution in [0.5, 0.6) is 5.75 Å². The second-order valence-corrected chi connectivity index (χ2v) is 6.59. The van der Waals surface area contributed by atoms with Gasteiger partial charge in [0.15, 0.2) is 0 Å². The van der Waals surface area contributed by atoms with E-state index in [1.54, 1.807) is 12.1 Å². The quantitative estimate of drug-likeness (QED) is 0.837. The topological polar surface area (TPSA) is 58.6 Å². The van der Waals surface area contributed by atoms with Crippen molar-refractivity contribution in [2.24, 2.45) is 0 Å². The van der Waals surface area contributed by atoms with E-state index >= 15 is 0 Å². The standard InChI is InChI=1S/C12H19ClN2O3S/c1-4-10(9-14-19(16,17)15(2)3)18-12-8-6-5-7-11(12)13/h5-8,10,14H,4,9H2,1-3H3. The van der Waals surface area contributed by atoms with Gasteiger partial charge in [0.05, 0.1) is 5.02 Å². The van der Waals surface area contributed by atoms with Crippen LogP contribution in [0.15, 0.2) is 24.3 Å². The van der Waals surface area contributed by atoms with Crippen molar-refractivity contribution in [2.75, 3.05) is 20.6 Å². The Bertz CT molecular complexity index is 505. The first-order valence-corrected chi connectivity index (χ1v) is 7.77. The molecule has 1 atom stereocenters. The molecule has 0 spiro atoms. The molecule has 0 fully saturated rings. The van der Waals surface area contributed by atoms with Crippen molar-refractivity contribution >= 4 is 21.8 Å². The Morgan fingerprint density at radius 2 is 2.00 bits per heavy atom. The number of para-hydroxylation sites is 1. The highest BCUT2D eigenvalue weighted by atomic mass is 35.5. The van der Waals surface area contributed by atoms with Gasteiger partial charge in [-0.1, -0.05) is 30.7 Å². The summed E-state index contributed by atoms with van der Waals surface area (Å²) in [6, 6.07) is 7.11. The summed E-state index contributed by atoms with van der Waals surface area (Å²) < 4.78 is 32.5. The van der Waals surface area contributed by atoms with Crippen LogP contribution >= 0.6 is 11.6 Å². The van der Waals surface area contributed by atoms with E-state index in [9.17, 15) is 8.42 Å². The number of nitrogens with one attached hydrogen (secondary N) is 1. The maximum Gasteiger partial charge on any atom is 0.279 e. The molecule has 0 saturated heterocycles. The van der Waals surface area contributed by atoms with Gasteiger partial charge in [-0.3, -0.25) is 0 Å². The van der Waals surface area contributed by atoms with Gasteiger partial charge in [-0.2, -0.15) is 17.4 Å². The Balaban J connectivity index is 2.63. The minimum Gasteiger partial charge on any atom is -0.488 e. The lowest BCUT2D eigenvalue weighted by Crippen LogP contribution is -2.41. The molecule has 1 rings (SSSR count). The zero-order valence-corrected chi connectivity index (χ0v) is 12.8. The lowest BCUT2D eigenvalue weighted by molar-refractivity contribution is 0.200. The molecule has 0 amide bonds. The fourth-order valence-electron chi connectivity index (χ4n) is 1.32. The van der Waals surface area contributed by atoms with Gasteiger partial charge in [0.2, 0.25) is 0 Å². The average Bonchev–Trinajstić information content (AvgIpc) is 2.36. The van der Waals surface area contributed by atoms with Crippen molar-refractivity contribution in [3.63, 3.8) is 0 Å². The molecule has 1 aromatic carbocycles. The lowest BCUT2D eigenvalue weighted by Gasteiger charge is -2.20. The van der Waals surface area contributed by atoms with E-state index in [4.69, 9.17) is 16.3 Å². The predicted octanol–water partition coefficient (Wildman–Crippen LogP) is 1.89. The molecule has 0 saturated carbocycles. The van der Waals surface area contributed by atoms with E-state index in [2.05, 4.69) is 4.72 Å². The van der Waals surface area contributed by atoms with Crippen LogP contribution in [0.25, 0.3) is 0 Å². The number of halogens is 1. The van der Waals surface area contributed by atoms with E-state index in [1.807, 2.05) is 19.1 Å². The van der Waals surface area contributed by atoms with Gasteiger partial charge >= 0.3 is 0 Å². The van der Waals surface area contributed by atoms with E-state index in [0.717, 1.165) is 4.31 Å². The van der Waals surface area contributed by atoms with Crippen LogP contribution in [0.2, 0.25) is 5.02 Å². The summed E-state index contributed by atoms with van der Waals surface area (Å²) in [4.78, 5) is 0. The maximum atomic E-state index is 11.6. The van der Waals surface area contributed by atoms with Crippen molar-refractivity contribution in [1.29, 1.82) is 0 Å². The summed E-state index contributed by atoms with van der Waals surface area (Å²) in [5, 5.41) is 0.511. The molecular weight excluding hydrogens is 288 g/mol. The smallest absolute Gasteiger partial charge is 0.279 e. The molecule has 0 aliphatic rings. The average molecular weight is 307 g/mol. The second-order valence-electron chi connectivity index (χ2n) is 4.21. The van der Waals surface area contributed by atoms with E-state index in [0.29, 0.717) is 17.2 Å². The Morgan fingerprint density at radius 3 is 2.53 bits per heavy atom. The largest absolute Gasteiger partial charge is 0.488 e. The van der Waals surface area contributed by atoms with Crippen molar-refractivity contribution in [1.82, 2.24) is 9.03 Å². The number of ether oxygens (including phenoxy) is 1. The van der Waals surface area contributed by atoms with Crippen LogP contribution in [0.1, 0.15) is 13.3 Å². The zero-order chi connectivity index (χ0) is 14.5. The fourth-order valence-corrected chi connectivity index (χ4v) is 2.15. The van der Waals surface area contributed by atoms with Gasteiger partial charge in [-0.15, -0.1) is 0 Å². The summed E-state index contributed by atoms with van der Waals surface area (Å²) in [6.07, 6.45) is 0.399. The van der Waals surface area contributed by atoms with Crippen LogP contribution in [0.4, 0.5) is 0 Å². The first kappa shape index (κ1) is 16.2. The van der Waals surface area contributed by atoms with Gasteiger partial charge in [-0.05, 0) is 18.6 Å². The van der Waals surface area contributed by atoms with Crippen LogP contribution in [-0.4, -0.2) is 39.5 Å². The highest BCUT2D eigenvalue weighted by molar-refractivity contribution is 7.87. The van der Waals surface area contributed by atoms with E-state index < -0.39 is 10.2 Å². The third-order valence-corrected chi connectivity index (χ3v) is 4.36. The third kappa shape index (κ3) is 4.99. The fraction of sp³-hybridized carbons (Fsp3) is 0.500. The molecule has 0 radical (unpaired) electrons. The van der Waals surface area contributed by atoms with Gasteiger partial charge in [-0.25, -0.2) is 0 Å². The molecule has 0 aromatic heterocycles. The first-order valence-electron chi connectivity index (χ1n) is 5.95. The van der Waals surface area contributed by atoms with Crippen LogP contribution < -0.4 is 9.46 Å². The van der Waals surface area contributed by atoms with Crippen molar-refractivity contribution in [2.45, 2.75) is 19.4 Å². The number of hydrogen-bond donors (Lipinski definition) is 1. The molecule has 0 aliphatic carbocycles. The molecule has 7 heteroatoms. The number of rotatable bonds is 7. The minimum atomic E-state index is -3.44. The Morgan fingerprint density at radius 1 is 1.37 bits per heavy atom. The summed E-state index contributed by atoms with van der Waals surface area (Å²) in [5.74, 6) is 0.556. The van der Waals surface area contributed by atoms with E-state index in [1.165, 1.54) is 14.1 Å². The lowest BCUT2D eigenvalue weighted by atomic mass is 10.2. The predicted molar refractivity (Wildman–Crippen MR) is 76.8 cm³/mol. The molecule has 0 bridgehead atoms. The van der Waals surface area contributed by atoms with Crippen LogP contribution in [0.3, 0.4) is 0 Å². The summed E-state index contributed by atoms with van der Waals surface area (Å²) in [5.41, 5.74) is 0. The Hall–Kier alpha value is -0.820. The molecule has 5 nitrogen and oxygen atoms in total. The first-order chi connectivity index (χ1) is 8.86. The molecule has 0 aliphatic heterocycles. The maximum absolute atomic E-state index is 11.6. The van der Waals surface area contributed by atoms with Crippen LogP contribution in [0, 0.1) is 0 Å². The highest BCUT2D eigenvalue weighted by Crippen LogP contribution is 2.24. The number of hydrogen-bond acceptors (Lipinski definition) is 3. The van der Waals surface area contributed by atoms with Crippen LogP contribution in [-0.2, 0) is 10.2 Å². The van der Waals surface area contributed by atoms with Gasteiger partial charge in [0.1, 0.15) is 11.9 Å².